The van der Waals surface area contributed by atoms with E-state index in [4.69, 9.17) is 4.74 Å². The van der Waals surface area contributed by atoms with Gasteiger partial charge in [-0.2, -0.15) is 0 Å². The zero-order valence-electron chi connectivity index (χ0n) is 11.4. The maximum absolute atomic E-state index is 11.2. The van der Waals surface area contributed by atoms with Crippen molar-refractivity contribution < 1.29 is 14.6 Å². The highest BCUT2D eigenvalue weighted by Gasteiger charge is 2.17. The van der Waals surface area contributed by atoms with Crippen LogP contribution < -0.4 is 0 Å². The fourth-order valence-electron chi connectivity index (χ4n) is 2.33. The minimum Gasteiger partial charge on any atom is -0.478 e. The number of hydrogen-bond acceptors (Lipinski definition) is 3. The molecule has 19 heavy (non-hydrogen) atoms. The Morgan fingerprint density at radius 3 is 2.89 bits per heavy atom. The molecule has 2 aromatic rings. The zero-order valence-corrected chi connectivity index (χ0v) is 11.4. The molecule has 0 amide bonds. The number of carboxylic acid groups (broad SMARTS) is 1. The second kappa shape index (κ2) is 5.40. The lowest BCUT2D eigenvalue weighted by Crippen LogP contribution is -2.13. The molecule has 1 N–H and O–H groups in total. The third kappa shape index (κ3) is 2.46. The Morgan fingerprint density at radius 2 is 2.26 bits per heavy atom. The number of aromatic carboxylic acids is 1. The molecule has 0 aliphatic carbocycles. The second-order valence-corrected chi connectivity index (χ2v) is 4.52. The van der Waals surface area contributed by atoms with Crippen LogP contribution in [0.25, 0.3) is 11.0 Å². The van der Waals surface area contributed by atoms with Crippen LogP contribution >= 0.6 is 0 Å². The van der Waals surface area contributed by atoms with Crippen LogP contribution in [0, 0.1) is 6.92 Å². The van der Waals surface area contributed by atoms with Gasteiger partial charge in [0.1, 0.15) is 11.3 Å². The van der Waals surface area contributed by atoms with Crippen LogP contribution in [0.5, 0.6) is 0 Å². The highest BCUT2D eigenvalue weighted by atomic mass is 16.5. The summed E-state index contributed by atoms with van der Waals surface area (Å²) in [5.74, 6) is -0.149. The fraction of sp³-hybridized carbons (Fsp3) is 0.429. The Labute approximate surface area is 111 Å². The first-order valence-corrected chi connectivity index (χ1v) is 6.34. The van der Waals surface area contributed by atoms with Gasteiger partial charge >= 0.3 is 5.97 Å². The van der Waals surface area contributed by atoms with Crippen molar-refractivity contribution in [1.29, 1.82) is 0 Å². The van der Waals surface area contributed by atoms with Crippen molar-refractivity contribution in [2.75, 3.05) is 13.2 Å². The maximum atomic E-state index is 11.2. The number of fused-ring (bicyclic) bond motifs is 1. The van der Waals surface area contributed by atoms with Gasteiger partial charge in [-0.15, -0.1) is 0 Å². The summed E-state index contributed by atoms with van der Waals surface area (Å²) in [7, 11) is 0. The predicted octanol–water partition coefficient (Wildman–Crippen LogP) is 2.64. The molecule has 0 spiro atoms. The summed E-state index contributed by atoms with van der Waals surface area (Å²) in [6.07, 6.45) is 0. The van der Waals surface area contributed by atoms with Crippen molar-refractivity contribution in [3.8, 4) is 0 Å². The van der Waals surface area contributed by atoms with E-state index in [0.29, 0.717) is 18.7 Å². The van der Waals surface area contributed by atoms with E-state index in [-0.39, 0.29) is 11.6 Å². The van der Waals surface area contributed by atoms with E-state index < -0.39 is 5.97 Å². The van der Waals surface area contributed by atoms with Gasteiger partial charge < -0.3 is 14.4 Å². The number of rotatable bonds is 5. The highest BCUT2D eigenvalue weighted by Crippen LogP contribution is 2.24. The summed E-state index contributed by atoms with van der Waals surface area (Å²) in [6, 6.07) is 5.34. The Balaban J connectivity index is 2.53. The van der Waals surface area contributed by atoms with Gasteiger partial charge in [0.25, 0.3) is 0 Å². The number of hydrogen-bond donors (Lipinski definition) is 1. The standard InChI is InChI=1S/C14H18N2O3/c1-4-19-8-9(2)16-10(3)15-13-11(14(17)18)6-5-7-12(13)16/h5-7,9H,4,8H2,1-3H3,(H,17,18). The van der Waals surface area contributed by atoms with Crippen LogP contribution in [-0.2, 0) is 4.74 Å². The number of ether oxygens (including phenoxy) is 1. The number of imidazole rings is 1. The Morgan fingerprint density at radius 1 is 1.53 bits per heavy atom. The molecule has 1 unspecified atom stereocenters. The first-order chi connectivity index (χ1) is 9.06. The van der Waals surface area contributed by atoms with E-state index in [9.17, 15) is 9.90 Å². The van der Waals surface area contributed by atoms with E-state index >= 15 is 0 Å². The van der Waals surface area contributed by atoms with Crippen molar-refractivity contribution in [2.45, 2.75) is 26.8 Å². The first kappa shape index (κ1) is 13.5. The monoisotopic (exact) mass is 262 g/mol. The van der Waals surface area contributed by atoms with E-state index in [2.05, 4.69) is 4.98 Å². The van der Waals surface area contributed by atoms with E-state index in [1.54, 1.807) is 12.1 Å². The van der Waals surface area contributed by atoms with Gasteiger partial charge in [-0.05, 0) is 32.9 Å². The summed E-state index contributed by atoms with van der Waals surface area (Å²) in [4.78, 5) is 15.6. The smallest absolute Gasteiger partial charge is 0.337 e. The molecule has 0 saturated carbocycles. The lowest BCUT2D eigenvalue weighted by atomic mass is 10.2. The van der Waals surface area contributed by atoms with Crippen molar-refractivity contribution in [3.05, 3.63) is 29.6 Å². The molecule has 0 fully saturated rings. The molecule has 0 saturated heterocycles. The van der Waals surface area contributed by atoms with Crippen molar-refractivity contribution in [3.63, 3.8) is 0 Å². The number of aromatic nitrogens is 2. The van der Waals surface area contributed by atoms with E-state index in [0.717, 1.165) is 11.3 Å². The quantitative estimate of drug-likeness (QED) is 0.899. The van der Waals surface area contributed by atoms with E-state index in [1.165, 1.54) is 0 Å². The van der Waals surface area contributed by atoms with Gasteiger partial charge in [0.15, 0.2) is 0 Å². The lowest BCUT2D eigenvalue weighted by molar-refractivity contribution is 0.0699. The van der Waals surface area contributed by atoms with Crippen LogP contribution in [0.15, 0.2) is 18.2 Å². The van der Waals surface area contributed by atoms with Crippen LogP contribution in [0.2, 0.25) is 0 Å². The normalized spacial score (nSPS) is 12.8. The predicted molar refractivity (Wildman–Crippen MR) is 72.6 cm³/mol. The third-order valence-electron chi connectivity index (χ3n) is 3.13. The molecule has 0 bridgehead atoms. The molecule has 0 aliphatic rings. The molecule has 102 valence electrons. The molecule has 5 heteroatoms. The topological polar surface area (TPSA) is 64.4 Å². The van der Waals surface area contributed by atoms with Crippen LogP contribution in [0.3, 0.4) is 0 Å². The average Bonchev–Trinajstić information content (AvgIpc) is 2.71. The van der Waals surface area contributed by atoms with Crippen molar-refractivity contribution in [1.82, 2.24) is 9.55 Å². The number of aryl methyl sites for hydroxylation is 1. The lowest BCUT2D eigenvalue weighted by Gasteiger charge is -2.16. The van der Waals surface area contributed by atoms with Crippen molar-refractivity contribution in [2.24, 2.45) is 0 Å². The summed E-state index contributed by atoms with van der Waals surface area (Å²) in [6.45, 7) is 7.12. The number of carboxylic acids is 1. The largest absolute Gasteiger partial charge is 0.478 e. The minimum atomic E-state index is -0.951. The van der Waals surface area contributed by atoms with Gasteiger partial charge in [0.2, 0.25) is 0 Å². The molecular weight excluding hydrogens is 244 g/mol. The summed E-state index contributed by atoms with van der Waals surface area (Å²) in [5, 5.41) is 9.19. The number of para-hydroxylation sites is 1. The van der Waals surface area contributed by atoms with Crippen LogP contribution in [0.4, 0.5) is 0 Å². The number of benzene rings is 1. The van der Waals surface area contributed by atoms with Gasteiger partial charge in [-0.25, -0.2) is 9.78 Å². The second-order valence-electron chi connectivity index (χ2n) is 4.52. The number of nitrogens with zero attached hydrogens (tertiary/aromatic N) is 2. The van der Waals surface area contributed by atoms with E-state index in [1.807, 2.05) is 31.4 Å². The van der Waals surface area contributed by atoms with Crippen LogP contribution in [-0.4, -0.2) is 33.8 Å². The summed E-state index contributed by atoms with van der Waals surface area (Å²) >= 11 is 0. The van der Waals surface area contributed by atoms with Crippen LogP contribution in [0.1, 0.15) is 36.1 Å². The number of carbonyl (C=O) groups is 1. The first-order valence-electron chi connectivity index (χ1n) is 6.34. The molecule has 2 rings (SSSR count). The molecule has 0 radical (unpaired) electrons. The molecule has 1 atom stereocenters. The van der Waals surface area contributed by atoms with Crippen molar-refractivity contribution >= 4 is 17.0 Å². The zero-order chi connectivity index (χ0) is 14.0. The Hall–Kier alpha value is -1.88. The van der Waals surface area contributed by atoms with Gasteiger partial charge in [-0.3, -0.25) is 0 Å². The average molecular weight is 262 g/mol. The van der Waals surface area contributed by atoms with Gasteiger partial charge in [-0.1, -0.05) is 6.07 Å². The SMILES string of the molecule is CCOCC(C)n1c(C)nc2c(C(=O)O)cccc21. The summed E-state index contributed by atoms with van der Waals surface area (Å²) < 4.78 is 7.46. The molecule has 1 aromatic heterocycles. The third-order valence-corrected chi connectivity index (χ3v) is 3.13. The summed E-state index contributed by atoms with van der Waals surface area (Å²) in [5.41, 5.74) is 1.61. The molecule has 1 heterocycles. The van der Waals surface area contributed by atoms with Gasteiger partial charge in [0, 0.05) is 6.61 Å². The maximum Gasteiger partial charge on any atom is 0.337 e. The molecule has 0 aliphatic heterocycles. The fourth-order valence-corrected chi connectivity index (χ4v) is 2.33. The molecule has 1 aromatic carbocycles. The molecular formula is C14H18N2O3. The Bertz CT molecular complexity index is 604. The minimum absolute atomic E-state index is 0.119. The highest BCUT2D eigenvalue weighted by molar-refractivity contribution is 6.01. The Kier molecular flexibility index (Phi) is 3.85. The molecule has 5 nitrogen and oxygen atoms in total. The van der Waals surface area contributed by atoms with Gasteiger partial charge in [0.05, 0.1) is 23.7 Å².